The highest BCUT2D eigenvalue weighted by Crippen LogP contribution is 2.14. The Hall–Kier alpha value is -2.76. The van der Waals surface area contributed by atoms with Gasteiger partial charge < -0.3 is 4.74 Å². The lowest BCUT2D eigenvalue weighted by atomic mass is 10.2. The molecule has 0 radical (unpaired) electrons. The second-order valence-electron chi connectivity index (χ2n) is 5.03. The molecule has 0 bridgehead atoms. The van der Waals surface area contributed by atoms with Crippen LogP contribution in [0.15, 0.2) is 47.6 Å². The van der Waals surface area contributed by atoms with Crippen LogP contribution < -0.4 is 10.2 Å². The van der Waals surface area contributed by atoms with Crippen molar-refractivity contribution in [3.8, 4) is 5.75 Å². The van der Waals surface area contributed by atoms with Crippen LogP contribution in [-0.4, -0.2) is 18.2 Å². The Morgan fingerprint density at radius 2 is 1.74 bits per heavy atom. The zero-order valence-electron chi connectivity index (χ0n) is 12.7. The van der Waals surface area contributed by atoms with E-state index in [0.717, 1.165) is 18.3 Å². The maximum Gasteiger partial charge on any atom is 0.271 e. The van der Waals surface area contributed by atoms with Gasteiger partial charge in [-0.3, -0.25) is 4.79 Å². The van der Waals surface area contributed by atoms with Crippen LogP contribution in [0, 0.1) is 11.6 Å². The molecular weight excluding hydrogens is 302 g/mol. The number of hydrazone groups is 1. The minimum absolute atomic E-state index is 0.0370. The molecule has 0 aliphatic heterocycles. The maximum absolute atomic E-state index is 13.4. The number of rotatable bonds is 5. The predicted molar refractivity (Wildman–Crippen MR) is 83.6 cm³/mol. The van der Waals surface area contributed by atoms with Crippen LogP contribution in [0.1, 0.15) is 29.8 Å². The van der Waals surface area contributed by atoms with E-state index in [0.29, 0.717) is 11.3 Å². The highest BCUT2D eigenvalue weighted by molar-refractivity contribution is 5.95. The highest BCUT2D eigenvalue weighted by Gasteiger charge is 2.07. The zero-order chi connectivity index (χ0) is 16.8. The van der Waals surface area contributed by atoms with Crippen LogP contribution in [0.25, 0.3) is 0 Å². The molecule has 0 aliphatic carbocycles. The lowest BCUT2D eigenvalue weighted by Crippen LogP contribution is -2.17. The Morgan fingerprint density at radius 1 is 1.13 bits per heavy atom. The van der Waals surface area contributed by atoms with Crippen molar-refractivity contribution in [2.75, 3.05) is 0 Å². The van der Waals surface area contributed by atoms with Gasteiger partial charge in [0.05, 0.1) is 17.9 Å². The normalized spacial score (nSPS) is 11.0. The molecule has 4 nitrogen and oxygen atoms in total. The van der Waals surface area contributed by atoms with Gasteiger partial charge in [0.25, 0.3) is 5.91 Å². The van der Waals surface area contributed by atoms with Crippen molar-refractivity contribution in [3.05, 3.63) is 65.2 Å². The summed E-state index contributed by atoms with van der Waals surface area (Å²) in [5.41, 5.74) is 2.26. The molecule has 2 rings (SSSR count). The van der Waals surface area contributed by atoms with Crippen molar-refractivity contribution in [1.82, 2.24) is 5.43 Å². The van der Waals surface area contributed by atoms with E-state index in [-0.39, 0.29) is 11.7 Å². The summed E-state index contributed by atoms with van der Waals surface area (Å²) in [6.45, 7) is 3.80. The van der Waals surface area contributed by atoms with Crippen LogP contribution in [0.5, 0.6) is 5.75 Å². The fourth-order valence-electron chi connectivity index (χ4n) is 1.81. The second-order valence-corrected chi connectivity index (χ2v) is 5.03. The van der Waals surface area contributed by atoms with Crippen LogP contribution in [-0.2, 0) is 0 Å². The molecule has 0 atom stereocenters. The molecule has 2 aromatic rings. The largest absolute Gasteiger partial charge is 0.491 e. The molecule has 1 N–H and O–H groups in total. The van der Waals surface area contributed by atoms with E-state index in [1.807, 2.05) is 13.8 Å². The third-order valence-electron chi connectivity index (χ3n) is 2.85. The number of nitrogens with zero attached hydrogens (tertiary/aromatic N) is 1. The molecular formula is C17H16F2N2O2. The Bertz CT molecular complexity index is 693. The lowest BCUT2D eigenvalue weighted by Gasteiger charge is -2.09. The molecule has 23 heavy (non-hydrogen) atoms. The summed E-state index contributed by atoms with van der Waals surface area (Å²) < 4.78 is 32.2. The van der Waals surface area contributed by atoms with Crippen molar-refractivity contribution in [2.45, 2.75) is 20.0 Å². The van der Waals surface area contributed by atoms with Gasteiger partial charge in [-0.1, -0.05) is 6.07 Å². The first-order chi connectivity index (χ1) is 11.0. The van der Waals surface area contributed by atoms with Crippen molar-refractivity contribution in [2.24, 2.45) is 5.10 Å². The first kappa shape index (κ1) is 16.6. The average Bonchev–Trinajstić information content (AvgIpc) is 2.50. The monoisotopic (exact) mass is 318 g/mol. The van der Waals surface area contributed by atoms with Crippen molar-refractivity contribution in [1.29, 1.82) is 0 Å². The molecule has 2 aromatic carbocycles. The quantitative estimate of drug-likeness (QED) is 0.677. The second kappa shape index (κ2) is 7.49. The average molecular weight is 318 g/mol. The van der Waals surface area contributed by atoms with Gasteiger partial charge in [-0.25, -0.2) is 14.2 Å². The molecule has 1 amide bonds. The van der Waals surface area contributed by atoms with Gasteiger partial charge in [-0.05, 0) is 50.2 Å². The van der Waals surface area contributed by atoms with Gasteiger partial charge in [0.15, 0.2) is 0 Å². The first-order valence-corrected chi connectivity index (χ1v) is 7.01. The van der Waals surface area contributed by atoms with Gasteiger partial charge in [0.2, 0.25) is 0 Å². The Kier molecular flexibility index (Phi) is 5.41. The minimum Gasteiger partial charge on any atom is -0.491 e. The Morgan fingerprint density at radius 3 is 2.30 bits per heavy atom. The molecule has 0 saturated heterocycles. The molecule has 0 saturated carbocycles. The highest BCUT2D eigenvalue weighted by atomic mass is 19.1. The van der Waals surface area contributed by atoms with Gasteiger partial charge in [-0.2, -0.15) is 5.10 Å². The van der Waals surface area contributed by atoms with E-state index in [2.05, 4.69) is 10.5 Å². The summed E-state index contributed by atoms with van der Waals surface area (Å²) >= 11 is 0. The van der Waals surface area contributed by atoms with Crippen molar-refractivity contribution in [3.63, 3.8) is 0 Å². The van der Waals surface area contributed by atoms with Crippen molar-refractivity contribution < 1.29 is 18.3 Å². The van der Waals surface area contributed by atoms with Crippen LogP contribution in [0.4, 0.5) is 8.78 Å². The van der Waals surface area contributed by atoms with E-state index in [1.54, 1.807) is 24.3 Å². The number of nitrogens with one attached hydrogen (secondary N) is 1. The third-order valence-corrected chi connectivity index (χ3v) is 2.85. The third kappa shape index (κ3) is 4.60. The molecule has 0 unspecified atom stereocenters. The maximum atomic E-state index is 13.4. The fraction of sp³-hybridized carbons (Fsp3) is 0.176. The van der Waals surface area contributed by atoms with Gasteiger partial charge >= 0.3 is 0 Å². The van der Waals surface area contributed by atoms with Crippen molar-refractivity contribution >= 4 is 12.1 Å². The minimum atomic E-state index is -0.752. The molecule has 0 fully saturated rings. The summed E-state index contributed by atoms with van der Waals surface area (Å²) in [7, 11) is 0. The number of benzene rings is 2. The smallest absolute Gasteiger partial charge is 0.271 e. The van der Waals surface area contributed by atoms with Crippen LogP contribution in [0.3, 0.4) is 0 Å². The number of halogens is 2. The van der Waals surface area contributed by atoms with E-state index in [9.17, 15) is 13.6 Å². The number of hydrogen-bond donors (Lipinski definition) is 1. The van der Waals surface area contributed by atoms with Crippen LogP contribution in [0.2, 0.25) is 0 Å². The van der Waals surface area contributed by atoms with E-state index in [1.165, 1.54) is 6.07 Å². The van der Waals surface area contributed by atoms with E-state index in [4.69, 9.17) is 4.74 Å². The summed E-state index contributed by atoms with van der Waals surface area (Å²) in [5.74, 6) is -1.35. The SMILES string of the molecule is CC(C)Oc1ccc(C(=O)N/N=C\c2c(F)cccc2F)cc1. The Labute approximate surface area is 132 Å². The molecule has 0 heterocycles. The van der Waals surface area contributed by atoms with E-state index >= 15 is 0 Å². The number of carbonyl (C=O) groups excluding carboxylic acids is 1. The molecule has 0 aliphatic rings. The topological polar surface area (TPSA) is 50.7 Å². The lowest BCUT2D eigenvalue weighted by molar-refractivity contribution is 0.0955. The summed E-state index contributed by atoms with van der Waals surface area (Å²) in [4.78, 5) is 11.9. The fourth-order valence-corrected chi connectivity index (χ4v) is 1.81. The summed E-state index contributed by atoms with van der Waals surface area (Å²) in [6, 6.07) is 9.95. The molecule has 120 valence electrons. The molecule has 0 spiro atoms. The summed E-state index contributed by atoms with van der Waals surface area (Å²) in [6.07, 6.45) is 0.966. The Balaban J connectivity index is 2.00. The molecule has 0 aromatic heterocycles. The number of hydrogen-bond acceptors (Lipinski definition) is 3. The predicted octanol–water partition coefficient (Wildman–Crippen LogP) is 3.52. The number of amides is 1. The summed E-state index contributed by atoms with van der Waals surface area (Å²) in [5, 5.41) is 3.57. The zero-order valence-corrected chi connectivity index (χ0v) is 12.7. The standard InChI is InChI=1S/C17H16F2N2O2/c1-11(2)23-13-8-6-12(7-9-13)17(22)21-20-10-14-15(18)4-3-5-16(14)19/h3-11H,1-2H3,(H,21,22)/b20-10-. The van der Waals surface area contributed by atoms with Gasteiger partial charge in [0.1, 0.15) is 17.4 Å². The number of ether oxygens (including phenoxy) is 1. The van der Waals surface area contributed by atoms with Gasteiger partial charge in [-0.15, -0.1) is 0 Å². The first-order valence-electron chi connectivity index (χ1n) is 7.01. The van der Waals surface area contributed by atoms with Gasteiger partial charge in [0, 0.05) is 5.56 Å². The van der Waals surface area contributed by atoms with Crippen LogP contribution >= 0.6 is 0 Å². The van der Waals surface area contributed by atoms with E-state index < -0.39 is 17.5 Å². The molecule has 6 heteroatoms. The number of carbonyl (C=O) groups is 1.